The smallest absolute Gasteiger partial charge is 0.306 e. The molecule has 0 heterocycles. The molecule has 0 spiro atoms. The Bertz CT molecular complexity index is 417. The van der Waals surface area contributed by atoms with Gasteiger partial charge in [0.25, 0.3) is 0 Å². The number of hydrogen-bond donors (Lipinski definition) is 0. The molecule has 0 bridgehead atoms. The van der Waals surface area contributed by atoms with Gasteiger partial charge in [-0.05, 0) is 26.0 Å². The minimum Gasteiger partial charge on any atom is -0.447 e. The molecule has 0 saturated carbocycles. The lowest BCUT2D eigenvalue weighted by atomic mass is 10.4. The molecule has 0 aliphatic heterocycles. The Morgan fingerprint density at radius 3 is 2.44 bits per heavy atom. The zero-order valence-corrected chi connectivity index (χ0v) is 10.4. The first-order valence-electron chi connectivity index (χ1n) is 5.17. The van der Waals surface area contributed by atoms with E-state index in [1.54, 1.807) is 19.1 Å². The van der Waals surface area contributed by atoms with Crippen molar-refractivity contribution in [2.24, 2.45) is 0 Å². The quantitative estimate of drug-likeness (QED) is 0.597. The second-order valence-electron chi connectivity index (χ2n) is 2.95. The summed E-state index contributed by atoms with van der Waals surface area (Å²) in [4.78, 5) is 0. The molecule has 86 valence electrons. The average Bonchev–Trinajstić information content (AvgIpc) is 2.31. The summed E-state index contributed by atoms with van der Waals surface area (Å²) in [5, 5.41) is 0.601. The van der Waals surface area contributed by atoms with Crippen LogP contribution in [0.25, 0.3) is 0 Å². The van der Waals surface area contributed by atoms with Crippen molar-refractivity contribution in [3.63, 3.8) is 0 Å². The maximum Gasteiger partial charge on any atom is 0.306 e. The first kappa shape index (κ1) is 12.8. The van der Waals surface area contributed by atoms with E-state index in [4.69, 9.17) is 9.26 Å². The predicted octanol–water partition coefficient (Wildman–Crippen LogP) is 2.58. The van der Waals surface area contributed by atoms with E-state index in [2.05, 4.69) is 11.8 Å². The van der Waals surface area contributed by atoms with Crippen molar-refractivity contribution >= 4 is 12.7 Å². The van der Waals surface area contributed by atoms with Crippen LogP contribution in [0.15, 0.2) is 30.3 Å². The van der Waals surface area contributed by atoms with Crippen LogP contribution < -0.4 is 5.30 Å². The second kappa shape index (κ2) is 6.37. The lowest BCUT2D eigenvalue weighted by molar-refractivity contribution is 0.298. The van der Waals surface area contributed by atoms with Gasteiger partial charge in [-0.15, -0.1) is 0 Å². The van der Waals surface area contributed by atoms with E-state index in [9.17, 15) is 4.57 Å². The molecule has 1 aromatic carbocycles. The molecule has 1 atom stereocenters. The van der Waals surface area contributed by atoms with Crippen LogP contribution in [0.4, 0.5) is 0 Å². The average molecular weight is 238 g/mol. The van der Waals surface area contributed by atoms with E-state index in [1.165, 1.54) is 0 Å². The van der Waals surface area contributed by atoms with Gasteiger partial charge in [-0.2, -0.15) is 0 Å². The summed E-state index contributed by atoms with van der Waals surface area (Å²) in [5.74, 6) is 0. The molecule has 1 unspecified atom stereocenters. The molecular weight excluding hydrogens is 223 g/mol. The fourth-order valence-corrected chi connectivity index (χ4v) is 2.60. The second-order valence-corrected chi connectivity index (χ2v) is 5.05. The van der Waals surface area contributed by atoms with Crippen LogP contribution in [-0.2, 0) is 13.8 Å². The van der Waals surface area contributed by atoms with Crippen molar-refractivity contribution in [2.45, 2.75) is 13.8 Å². The van der Waals surface area contributed by atoms with Crippen LogP contribution in [0.3, 0.4) is 0 Å². The highest BCUT2D eigenvalue weighted by molar-refractivity contribution is 7.71. The zero-order valence-electron chi connectivity index (χ0n) is 9.47. The van der Waals surface area contributed by atoms with Crippen molar-refractivity contribution in [3.8, 4) is 11.8 Å². The number of benzene rings is 1. The van der Waals surface area contributed by atoms with E-state index in [1.807, 2.05) is 25.1 Å². The Morgan fingerprint density at radius 1 is 1.19 bits per heavy atom. The highest BCUT2D eigenvalue weighted by Crippen LogP contribution is 2.44. The maximum absolute atomic E-state index is 12.4. The summed E-state index contributed by atoms with van der Waals surface area (Å²) in [6.45, 7) is 4.43. The minimum absolute atomic E-state index is 0.354. The van der Waals surface area contributed by atoms with Crippen molar-refractivity contribution in [1.82, 2.24) is 0 Å². The normalized spacial score (nSPS) is 13.4. The van der Waals surface area contributed by atoms with Gasteiger partial charge in [0.1, 0.15) is 6.11 Å². The highest BCUT2D eigenvalue weighted by atomic mass is 31.2. The SMILES string of the molecule is CCOC#CP(=O)(OCC)c1ccccc1. The van der Waals surface area contributed by atoms with E-state index in [0.717, 1.165) is 0 Å². The topological polar surface area (TPSA) is 35.5 Å². The first-order valence-corrected chi connectivity index (χ1v) is 6.79. The van der Waals surface area contributed by atoms with Crippen LogP contribution in [0.5, 0.6) is 0 Å². The Morgan fingerprint density at radius 2 is 1.88 bits per heavy atom. The lowest BCUT2D eigenvalue weighted by Gasteiger charge is -2.10. The van der Waals surface area contributed by atoms with E-state index < -0.39 is 7.37 Å². The summed E-state index contributed by atoms with van der Waals surface area (Å²) < 4.78 is 22.6. The van der Waals surface area contributed by atoms with Crippen molar-refractivity contribution in [2.75, 3.05) is 13.2 Å². The molecule has 0 aliphatic carbocycles. The molecule has 0 fully saturated rings. The third-order valence-corrected chi connectivity index (χ3v) is 3.80. The van der Waals surface area contributed by atoms with E-state index in [0.29, 0.717) is 18.5 Å². The summed E-state index contributed by atoms with van der Waals surface area (Å²) in [6, 6.07) is 8.97. The van der Waals surface area contributed by atoms with Crippen molar-refractivity contribution in [1.29, 1.82) is 0 Å². The van der Waals surface area contributed by atoms with Crippen LogP contribution in [0.1, 0.15) is 13.8 Å². The molecule has 3 nitrogen and oxygen atoms in total. The monoisotopic (exact) mass is 238 g/mol. The van der Waals surface area contributed by atoms with Crippen LogP contribution in [-0.4, -0.2) is 13.2 Å². The molecule has 0 amide bonds. The Balaban J connectivity index is 2.99. The third-order valence-electron chi connectivity index (χ3n) is 1.82. The van der Waals surface area contributed by atoms with E-state index >= 15 is 0 Å². The van der Waals surface area contributed by atoms with Gasteiger partial charge in [-0.1, -0.05) is 18.2 Å². The van der Waals surface area contributed by atoms with Crippen LogP contribution in [0, 0.1) is 11.8 Å². The molecule has 16 heavy (non-hydrogen) atoms. The van der Waals surface area contributed by atoms with Crippen LogP contribution >= 0.6 is 7.37 Å². The third kappa shape index (κ3) is 3.41. The fraction of sp³-hybridized carbons (Fsp3) is 0.333. The maximum atomic E-state index is 12.4. The Kier molecular flexibility index (Phi) is 5.11. The number of rotatable bonds is 4. The molecule has 0 N–H and O–H groups in total. The number of hydrogen-bond acceptors (Lipinski definition) is 3. The van der Waals surface area contributed by atoms with Gasteiger partial charge in [-0.3, -0.25) is 4.57 Å². The summed E-state index contributed by atoms with van der Waals surface area (Å²) >= 11 is 0. The van der Waals surface area contributed by atoms with E-state index in [-0.39, 0.29) is 0 Å². The fourth-order valence-electron chi connectivity index (χ4n) is 1.14. The van der Waals surface area contributed by atoms with Gasteiger partial charge in [0, 0.05) is 11.0 Å². The molecule has 0 aliphatic rings. The van der Waals surface area contributed by atoms with Crippen molar-refractivity contribution in [3.05, 3.63) is 30.3 Å². The lowest BCUT2D eigenvalue weighted by Crippen LogP contribution is -2.05. The van der Waals surface area contributed by atoms with Gasteiger partial charge >= 0.3 is 7.37 Å². The van der Waals surface area contributed by atoms with Gasteiger partial charge < -0.3 is 9.26 Å². The molecule has 4 heteroatoms. The molecule has 0 saturated heterocycles. The molecule has 0 radical (unpaired) electrons. The molecular formula is C12H15O3P. The standard InChI is InChI=1S/C12H15O3P/c1-3-14-10-11-16(13,15-4-2)12-8-6-5-7-9-12/h5-9H,3-4H2,1-2H3. The minimum atomic E-state index is -3.09. The van der Waals surface area contributed by atoms with Gasteiger partial charge in [-0.25, -0.2) is 0 Å². The van der Waals surface area contributed by atoms with Gasteiger partial charge in [0.15, 0.2) is 0 Å². The summed E-state index contributed by atoms with van der Waals surface area (Å²) in [5.41, 5.74) is 2.58. The largest absolute Gasteiger partial charge is 0.447 e. The molecule has 1 aromatic rings. The predicted molar refractivity (Wildman–Crippen MR) is 64.7 cm³/mol. The van der Waals surface area contributed by atoms with Gasteiger partial charge in [0.05, 0.1) is 13.2 Å². The van der Waals surface area contributed by atoms with Gasteiger partial charge in [0.2, 0.25) is 0 Å². The molecule has 1 rings (SSSR count). The summed E-state index contributed by atoms with van der Waals surface area (Å²) in [6.07, 6.45) is 2.42. The molecule has 0 aromatic heterocycles. The summed E-state index contributed by atoms with van der Waals surface area (Å²) in [7, 11) is -3.09. The van der Waals surface area contributed by atoms with Crippen molar-refractivity contribution < 1.29 is 13.8 Å². The Labute approximate surface area is 96.2 Å². The zero-order chi connectivity index (χ0) is 11.9. The Hall–Kier alpha value is -1.23. The highest BCUT2D eigenvalue weighted by Gasteiger charge is 2.22. The first-order chi connectivity index (χ1) is 7.73. The number of ether oxygens (including phenoxy) is 1. The van der Waals surface area contributed by atoms with Crippen LogP contribution in [0.2, 0.25) is 0 Å².